The molecule has 0 radical (unpaired) electrons. The van der Waals surface area contributed by atoms with Crippen LogP contribution in [0, 0.1) is 5.41 Å². The van der Waals surface area contributed by atoms with Crippen molar-refractivity contribution in [1.29, 1.82) is 5.41 Å². The van der Waals surface area contributed by atoms with Crippen LogP contribution >= 0.6 is 0 Å². The number of aromatic nitrogens is 4. The van der Waals surface area contributed by atoms with Crippen molar-refractivity contribution in [2.24, 2.45) is 7.05 Å². The Balaban J connectivity index is 1.71. The molecule has 0 aliphatic carbocycles. The van der Waals surface area contributed by atoms with Gasteiger partial charge in [-0.05, 0) is 29.8 Å². The molecule has 0 bridgehead atoms. The van der Waals surface area contributed by atoms with Crippen molar-refractivity contribution in [3.63, 3.8) is 0 Å². The van der Waals surface area contributed by atoms with Gasteiger partial charge in [0.15, 0.2) is 0 Å². The molecule has 3 heterocycles. The number of hydrogen-bond acceptors (Lipinski definition) is 7. The van der Waals surface area contributed by atoms with Crippen LogP contribution in [0.25, 0.3) is 27.5 Å². The second-order valence-electron chi connectivity index (χ2n) is 6.93. The molecule has 3 N–H and O–H groups in total. The number of pyridine rings is 2. The fourth-order valence-corrected chi connectivity index (χ4v) is 3.38. The van der Waals surface area contributed by atoms with Gasteiger partial charge < -0.3 is 20.8 Å². The standard InChI is InChI=1S/C23H23N7O/c1-25-11-17(10-24)23-19-9-22(27-12-16(19)6-7-26-23)29-20-5-4-15(8-21(20)31-3)18-13-28-30(2)14-18/h4-14,24-25H,1-3H3,(H,27,29)/b17-11+,24-10?. The molecule has 0 unspecified atom stereocenters. The van der Waals surface area contributed by atoms with Gasteiger partial charge in [0.1, 0.15) is 11.6 Å². The third-order valence-electron chi connectivity index (χ3n) is 4.88. The molecule has 0 amide bonds. The molecule has 0 saturated carbocycles. The number of nitrogens with one attached hydrogen (secondary N) is 3. The molecule has 31 heavy (non-hydrogen) atoms. The average molecular weight is 413 g/mol. The smallest absolute Gasteiger partial charge is 0.142 e. The summed E-state index contributed by atoms with van der Waals surface area (Å²) >= 11 is 0. The Hall–Kier alpha value is -4.20. The molecule has 8 nitrogen and oxygen atoms in total. The van der Waals surface area contributed by atoms with E-state index in [-0.39, 0.29) is 0 Å². The highest BCUT2D eigenvalue weighted by atomic mass is 16.5. The molecule has 4 rings (SSSR count). The van der Waals surface area contributed by atoms with Crippen LogP contribution in [-0.4, -0.2) is 40.1 Å². The van der Waals surface area contributed by atoms with Crippen molar-refractivity contribution >= 4 is 34.1 Å². The first-order valence-electron chi connectivity index (χ1n) is 9.70. The molecule has 0 fully saturated rings. The molecule has 0 aliphatic heterocycles. The molecule has 8 heteroatoms. The maximum atomic E-state index is 7.73. The molecule has 4 aromatic rings. The lowest BCUT2D eigenvalue weighted by molar-refractivity contribution is 0.417. The van der Waals surface area contributed by atoms with Gasteiger partial charge in [-0.25, -0.2) is 4.98 Å². The van der Waals surface area contributed by atoms with Crippen LogP contribution < -0.4 is 15.4 Å². The van der Waals surface area contributed by atoms with Gasteiger partial charge in [0.2, 0.25) is 0 Å². The summed E-state index contributed by atoms with van der Waals surface area (Å²) in [5.74, 6) is 1.35. The lowest BCUT2D eigenvalue weighted by Gasteiger charge is -2.13. The van der Waals surface area contributed by atoms with Crippen molar-refractivity contribution in [3.05, 3.63) is 67.0 Å². The number of nitrogens with zero attached hydrogens (tertiary/aromatic N) is 4. The molecule has 0 spiro atoms. The quantitative estimate of drug-likeness (QED) is 0.396. The van der Waals surface area contributed by atoms with E-state index in [4.69, 9.17) is 10.1 Å². The summed E-state index contributed by atoms with van der Waals surface area (Å²) < 4.78 is 7.38. The summed E-state index contributed by atoms with van der Waals surface area (Å²) in [5.41, 5.74) is 4.23. The maximum Gasteiger partial charge on any atom is 0.142 e. The minimum Gasteiger partial charge on any atom is -0.495 e. The summed E-state index contributed by atoms with van der Waals surface area (Å²) in [7, 11) is 5.33. The fourth-order valence-electron chi connectivity index (χ4n) is 3.38. The average Bonchev–Trinajstić information content (AvgIpc) is 3.23. The number of fused-ring (bicyclic) bond motifs is 1. The normalized spacial score (nSPS) is 11.4. The molecule has 0 atom stereocenters. The molecule has 0 aliphatic rings. The maximum absolute atomic E-state index is 7.73. The zero-order valence-electron chi connectivity index (χ0n) is 17.5. The summed E-state index contributed by atoms with van der Waals surface area (Å²) in [6.07, 6.45) is 10.3. The van der Waals surface area contributed by atoms with Crippen molar-refractivity contribution < 1.29 is 4.74 Å². The predicted octanol–water partition coefficient (Wildman–Crippen LogP) is 3.99. The zero-order chi connectivity index (χ0) is 21.8. The van der Waals surface area contributed by atoms with Crippen LogP contribution in [0.5, 0.6) is 5.75 Å². The van der Waals surface area contributed by atoms with Gasteiger partial charge in [-0.2, -0.15) is 5.10 Å². The van der Waals surface area contributed by atoms with E-state index in [0.717, 1.165) is 27.6 Å². The number of benzene rings is 1. The number of anilines is 2. The second kappa shape index (κ2) is 8.66. The minimum absolute atomic E-state index is 0.656. The third kappa shape index (κ3) is 4.09. The highest BCUT2D eigenvalue weighted by Crippen LogP contribution is 2.33. The van der Waals surface area contributed by atoms with Gasteiger partial charge >= 0.3 is 0 Å². The van der Waals surface area contributed by atoms with Gasteiger partial charge in [-0.3, -0.25) is 9.67 Å². The van der Waals surface area contributed by atoms with Crippen molar-refractivity contribution in [2.45, 2.75) is 0 Å². The van der Waals surface area contributed by atoms with E-state index < -0.39 is 0 Å². The Labute approximate surface area is 180 Å². The topological polar surface area (TPSA) is 101 Å². The number of hydrogen-bond donors (Lipinski definition) is 3. The van der Waals surface area contributed by atoms with Crippen molar-refractivity contribution in [2.75, 3.05) is 19.5 Å². The Kier molecular flexibility index (Phi) is 5.61. The Morgan fingerprint density at radius 3 is 2.71 bits per heavy atom. The number of methoxy groups -OCH3 is 1. The number of aryl methyl sites for hydroxylation is 1. The molecular weight excluding hydrogens is 390 g/mol. The van der Waals surface area contributed by atoms with Crippen molar-refractivity contribution in [3.8, 4) is 16.9 Å². The molecule has 0 saturated heterocycles. The number of allylic oxidation sites excluding steroid dienone is 1. The van der Waals surface area contributed by atoms with E-state index in [2.05, 4.69) is 25.7 Å². The van der Waals surface area contributed by atoms with Gasteiger partial charge in [0.05, 0.1) is 24.7 Å². The van der Waals surface area contributed by atoms with Crippen LogP contribution in [0.1, 0.15) is 5.69 Å². The fraction of sp³-hybridized carbons (Fsp3) is 0.130. The largest absolute Gasteiger partial charge is 0.495 e. The minimum atomic E-state index is 0.656. The van der Waals surface area contributed by atoms with E-state index >= 15 is 0 Å². The predicted molar refractivity (Wildman–Crippen MR) is 124 cm³/mol. The molecule has 1 aromatic carbocycles. The van der Waals surface area contributed by atoms with Crippen LogP contribution in [0.2, 0.25) is 0 Å². The summed E-state index contributed by atoms with van der Waals surface area (Å²) in [6, 6.07) is 9.77. The second-order valence-corrected chi connectivity index (χ2v) is 6.93. The van der Waals surface area contributed by atoms with Gasteiger partial charge in [-0.1, -0.05) is 6.07 Å². The summed E-state index contributed by atoms with van der Waals surface area (Å²) in [4.78, 5) is 9.01. The van der Waals surface area contributed by atoms with Gasteiger partial charge in [0, 0.05) is 67.0 Å². The molecular formula is C23H23N7O. The van der Waals surface area contributed by atoms with E-state index in [1.54, 1.807) is 37.4 Å². The summed E-state index contributed by atoms with van der Waals surface area (Å²) in [5, 5.41) is 20.1. The Morgan fingerprint density at radius 1 is 1.13 bits per heavy atom. The monoisotopic (exact) mass is 413 g/mol. The Bertz CT molecular complexity index is 1280. The van der Waals surface area contributed by atoms with Crippen LogP contribution in [0.3, 0.4) is 0 Å². The van der Waals surface area contributed by atoms with E-state index in [9.17, 15) is 0 Å². The molecule has 3 aromatic heterocycles. The van der Waals surface area contributed by atoms with Crippen LogP contribution in [-0.2, 0) is 7.05 Å². The zero-order valence-corrected chi connectivity index (χ0v) is 17.5. The first kappa shape index (κ1) is 20.1. The van der Waals surface area contributed by atoms with Crippen LogP contribution in [0.4, 0.5) is 11.5 Å². The van der Waals surface area contributed by atoms with Crippen LogP contribution in [0.15, 0.2) is 61.3 Å². The Morgan fingerprint density at radius 2 is 2.00 bits per heavy atom. The lowest BCUT2D eigenvalue weighted by Crippen LogP contribution is -2.01. The van der Waals surface area contributed by atoms with E-state index in [1.165, 1.54) is 6.21 Å². The van der Waals surface area contributed by atoms with Crippen molar-refractivity contribution in [1.82, 2.24) is 25.1 Å². The first-order chi connectivity index (χ1) is 15.1. The van der Waals surface area contributed by atoms with E-state index in [0.29, 0.717) is 22.8 Å². The molecule has 156 valence electrons. The SMILES string of the molecule is CN/C=C(\C=N)c1nccc2cnc(Nc3ccc(-c4cnn(C)c4)cc3OC)cc12. The number of ether oxygens (including phenoxy) is 1. The highest BCUT2D eigenvalue weighted by Gasteiger charge is 2.11. The summed E-state index contributed by atoms with van der Waals surface area (Å²) in [6.45, 7) is 0. The number of rotatable bonds is 7. The lowest BCUT2D eigenvalue weighted by atomic mass is 10.1. The third-order valence-corrected chi connectivity index (χ3v) is 4.88. The highest BCUT2D eigenvalue weighted by molar-refractivity contribution is 6.12. The van der Waals surface area contributed by atoms with E-state index in [1.807, 2.05) is 49.8 Å². The van der Waals surface area contributed by atoms with Gasteiger partial charge in [0.25, 0.3) is 0 Å². The first-order valence-corrected chi connectivity index (χ1v) is 9.70. The van der Waals surface area contributed by atoms with Gasteiger partial charge in [-0.15, -0.1) is 0 Å².